The SMILES string of the molecule is O=C(CCc1ccc(F)c(F)c1)N1CCC(C2OCCO2)CC1. The maximum Gasteiger partial charge on any atom is 0.222 e. The van der Waals surface area contributed by atoms with Gasteiger partial charge in [0.2, 0.25) is 5.91 Å². The predicted octanol–water partition coefficient (Wildman–Crippen LogP) is 2.51. The number of piperidine rings is 1. The van der Waals surface area contributed by atoms with Crippen molar-refractivity contribution < 1.29 is 23.0 Å². The Balaban J connectivity index is 1.44. The van der Waals surface area contributed by atoms with Crippen molar-refractivity contribution >= 4 is 5.91 Å². The molecule has 1 amide bonds. The molecule has 2 heterocycles. The second-order valence-electron chi connectivity index (χ2n) is 6.08. The van der Waals surface area contributed by atoms with E-state index in [1.165, 1.54) is 6.07 Å². The molecular weight excluding hydrogens is 304 g/mol. The van der Waals surface area contributed by atoms with Crippen LogP contribution < -0.4 is 0 Å². The standard InChI is InChI=1S/C17H21F2NO3/c18-14-3-1-12(11-15(14)19)2-4-16(21)20-7-5-13(6-8-20)17-22-9-10-23-17/h1,3,11,13,17H,2,4-10H2. The average molecular weight is 325 g/mol. The van der Waals surface area contributed by atoms with Crippen molar-refractivity contribution in [3.05, 3.63) is 35.4 Å². The van der Waals surface area contributed by atoms with Crippen LogP contribution in [0.15, 0.2) is 18.2 Å². The highest BCUT2D eigenvalue weighted by Crippen LogP contribution is 2.26. The van der Waals surface area contributed by atoms with E-state index in [0.29, 0.717) is 50.6 Å². The molecule has 6 heteroatoms. The Hall–Kier alpha value is -1.53. The molecule has 0 saturated carbocycles. The number of benzene rings is 1. The third kappa shape index (κ3) is 4.06. The predicted molar refractivity (Wildman–Crippen MR) is 79.7 cm³/mol. The molecule has 2 aliphatic rings. The van der Waals surface area contributed by atoms with Crippen molar-refractivity contribution in [1.82, 2.24) is 4.90 Å². The minimum absolute atomic E-state index is 0.0569. The molecule has 0 N–H and O–H groups in total. The number of halogens is 2. The third-order valence-corrected chi connectivity index (χ3v) is 4.54. The topological polar surface area (TPSA) is 38.8 Å². The number of amides is 1. The molecule has 0 atom stereocenters. The maximum atomic E-state index is 13.2. The number of carbonyl (C=O) groups is 1. The van der Waals surface area contributed by atoms with Crippen LogP contribution in [-0.4, -0.2) is 43.4 Å². The van der Waals surface area contributed by atoms with E-state index >= 15 is 0 Å². The first-order chi connectivity index (χ1) is 11.1. The van der Waals surface area contributed by atoms with Crippen molar-refractivity contribution in [3.8, 4) is 0 Å². The summed E-state index contributed by atoms with van der Waals surface area (Å²) in [5.41, 5.74) is 0.639. The summed E-state index contributed by atoms with van der Waals surface area (Å²) in [5, 5.41) is 0. The highest BCUT2D eigenvalue weighted by Gasteiger charge is 2.31. The lowest BCUT2D eigenvalue weighted by Gasteiger charge is -2.34. The summed E-state index contributed by atoms with van der Waals surface area (Å²) in [6.45, 7) is 2.70. The Kier molecular flexibility index (Phi) is 5.23. The fourth-order valence-electron chi connectivity index (χ4n) is 3.17. The Bertz CT molecular complexity index is 553. The molecule has 23 heavy (non-hydrogen) atoms. The van der Waals surface area contributed by atoms with Crippen LogP contribution in [0.3, 0.4) is 0 Å². The molecule has 2 saturated heterocycles. The van der Waals surface area contributed by atoms with Crippen LogP contribution in [0.2, 0.25) is 0 Å². The number of likely N-dealkylation sites (tertiary alicyclic amines) is 1. The van der Waals surface area contributed by atoms with Crippen LogP contribution in [0.4, 0.5) is 8.78 Å². The third-order valence-electron chi connectivity index (χ3n) is 4.54. The highest BCUT2D eigenvalue weighted by atomic mass is 19.2. The zero-order valence-corrected chi connectivity index (χ0v) is 13.0. The molecule has 4 nitrogen and oxygen atoms in total. The highest BCUT2D eigenvalue weighted by molar-refractivity contribution is 5.76. The Labute approximate surface area is 134 Å². The summed E-state index contributed by atoms with van der Waals surface area (Å²) >= 11 is 0. The summed E-state index contributed by atoms with van der Waals surface area (Å²) < 4.78 is 37.1. The van der Waals surface area contributed by atoms with Gasteiger partial charge in [0.1, 0.15) is 0 Å². The van der Waals surface area contributed by atoms with Gasteiger partial charge >= 0.3 is 0 Å². The zero-order valence-electron chi connectivity index (χ0n) is 13.0. The fourth-order valence-corrected chi connectivity index (χ4v) is 3.17. The number of carbonyl (C=O) groups excluding carboxylic acids is 1. The van der Waals surface area contributed by atoms with Crippen LogP contribution in [0, 0.1) is 17.6 Å². The molecule has 0 spiro atoms. The van der Waals surface area contributed by atoms with E-state index in [1.807, 2.05) is 4.90 Å². The summed E-state index contributed by atoms with van der Waals surface area (Å²) in [5.74, 6) is -1.32. The van der Waals surface area contributed by atoms with Gasteiger partial charge < -0.3 is 14.4 Å². The second kappa shape index (κ2) is 7.36. The average Bonchev–Trinajstić information content (AvgIpc) is 3.10. The van der Waals surface area contributed by atoms with Gasteiger partial charge in [-0.15, -0.1) is 0 Å². The first-order valence-electron chi connectivity index (χ1n) is 8.08. The Morgan fingerprint density at radius 1 is 1.13 bits per heavy atom. The van der Waals surface area contributed by atoms with E-state index in [2.05, 4.69) is 0 Å². The zero-order chi connectivity index (χ0) is 16.2. The molecule has 126 valence electrons. The Morgan fingerprint density at radius 2 is 1.83 bits per heavy atom. The number of aryl methyl sites for hydroxylation is 1. The molecule has 2 fully saturated rings. The minimum Gasteiger partial charge on any atom is -0.350 e. The van der Waals surface area contributed by atoms with Gasteiger partial charge in [0.15, 0.2) is 17.9 Å². The van der Waals surface area contributed by atoms with Crippen LogP contribution in [0.1, 0.15) is 24.8 Å². The molecule has 1 aromatic carbocycles. The first kappa shape index (κ1) is 16.3. The number of ether oxygens (including phenoxy) is 2. The van der Waals surface area contributed by atoms with Gasteiger partial charge in [0.25, 0.3) is 0 Å². The molecule has 0 radical (unpaired) electrons. The number of rotatable bonds is 4. The smallest absolute Gasteiger partial charge is 0.222 e. The Morgan fingerprint density at radius 3 is 2.48 bits per heavy atom. The molecule has 0 aliphatic carbocycles. The maximum absolute atomic E-state index is 13.2. The summed E-state index contributed by atoms with van der Waals surface area (Å²) in [6.07, 6.45) is 2.37. The lowest BCUT2D eigenvalue weighted by atomic mass is 9.95. The van der Waals surface area contributed by atoms with Crippen LogP contribution >= 0.6 is 0 Å². The summed E-state index contributed by atoms with van der Waals surface area (Å²) in [6, 6.07) is 3.78. The van der Waals surface area contributed by atoms with Crippen molar-refractivity contribution in [2.45, 2.75) is 32.0 Å². The monoisotopic (exact) mass is 325 g/mol. The van der Waals surface area contributed by atoms with Crippen LogP contribution in [0.25, 0.3) is 0 Å². The summed E-state index contributed by atoms with van der Waals surface area (Å²) in [7, 11) is 0. The van der Waals surface area contributed by atoms with E-state index in [4.69, 9.17) is 9.47 Å². The van der Waals surface area contributed by atoms with Gasteiger partial charge in [-0.1, -0.05) is 6.07 Å². The van der Waals surface area contributed by atoms with Gasteiger partial charge in [-0.05, 0) is 37.0 Å². The molecule has 0 aromatic heterocycles. The van der Waals surface area contributed by atoms with Gasteiger partial charge in [-0.25, -0.2) is 8.78 Å². The minimum atomic E-state index is -0.868. The largest absolute Gasteiger partial charge is 0.350 e. The summed E-state index contributed by atoms with van der Waals surface area (Å²) in [4.78, 5) is 14.1. The van der Waals surface area contributed by atoms with Gasteiger partial charge in [0.05, 0.1) is 13.2 Å². The molecule has 0 bridgehead atoms. The van der Waals surface area contributed by atoms with E-state index in [9.17, 15) is 13.6 Å². The quantitative estimate of drug-likeness (QED) is 0.854. The van der Waals surface area contributed by atoms with Gasteiger partial charge in [-0.3, -0.25) is 4.79 Å². The molecular formula is C17H21F2NO3. The molecule has 1 aromatic rings. The molecule has 2 aliphatic heterocycles. The van der Waals surface area contributed by atoms with E-state index < -0.39 is 11.6 Å². The lowest BCUT2D eigenvalue weighted by Crippen LogP contribution is -2.41. The van der Waals surface area contributed by atoms with Crippen LogP contribution in [-0.2, 0) is 20.7 Å². The lowest BCUT2D eigenvalue weighted by molar-refractivity contribution is -0.136. The number of nitrogens with zero attached hydrogens (tertiary/aromatic N) is 1. The number of hydrogen-bond donors (Lipinski definition) is 0. The molecule has 0 unspecified atom stereocenters. The second-order valence-corrected chi connectivity index (χ2v) is 6.08. The molecule has 3 rings (SSSR count). The van der Waals surface area contributed by atoms with E-state index in [-0.39, 0.29) is 12.2 Å². The van der Waals surface area contributed by atoms with Crippen LogP contribution in [0.5, 0.6) is 0 Å². The van der Waals surface area contributed by atoms with Gasteiger partial charge in [0, 0.05) is 25.4 Å². The number of hydrogen-bond acceptors (Lipinski definition) is 3. The van der Waals surface area contributed by atoms with Crippen molar-refractivity contribution in [3.63, 3.8) is 0 Å². The van der Waals surface area contributed by atoms with Crippen molar-refractivity contribution in [2.75, 3.05) is 26.3 Å². The normalized spacial score (nSPS) is 20.2. The fraction of sp³-hybridized carbons (Fsp3) is 0.588. The van der Waals surface area contributed by atoms with Crippen molar-refractivity contribution in [2.24, 2.45) is 5.92 Å². The first-order valence-corrected chi connectivity index (χ1v) is 8.08. The van der Waals surface area contributed by atoms with Gasteiger partial charge in [-0.2, -0.15) is 0 Å². The van der Waals surface area contributed by atoms with E-state index in [1.54, 1.807) is 0 Å². The van der Waals surface area contributed by atoms with E-state index in [0.717, 1.165) is 25.0 Å². The van der Waals surface area contributed by atoms with Crippen molar-refractivity contribution in [1.29, 1.82) is 0 Å².